The van der Waals surface area contributed by atoms with Crippen molar-refractivity contribution in [1.29, 1.82) is 0 Å². The number of carbonyl (C=O) groups is 1. The van der Waals surface area contributed by atoms with Gasteiger partial charge in [-0.05, 0) is 13.0 Å². The molecule has 0 aliphatic rings. The van der Waals surface area contributed by atoms with Gasteiger partial charge in [0, 0.05) is 10.9 Å². The minimum absolute atomic E-state index is 0.145. The van der Waals surface area contributed by atoms with E-state index >= 15 is 0 Å². The summed E-state index contributed by atoms with van der Waals surface area (Å²) in [6.45, 7) is 1.74. The predicted octanol–water partition coefficient (Wildman–Crippen LogP) is 2.28. The largest absolute Gasteiger partial charge is 0.375 e. The molecule has 0 aliphatic carbocycles. The van der Waals surface area contributed by atoms with Gasteiger partial charge in [-0.25, -0.2) is 9.37 Å². The Morgan fingerprint density at radius 3 is 2.89 bits per heavy atom. The highest BCUT2D eigenvalue weighted by molar-refractivity contribution is 7.13. The summed E-state index contributed by atoms with van der Waals surface area (Å²) in [4.78, 5) is 15.8. The Kier molecular flexibility index (Phi) is 4.11. The van der Waals surface area contributed by atoms with Crippen LogP contribution >= 0.6 is 11.3 Å². The van der Waals surface area contributed by atoms with Crippen molar-refractivity contribution in [2.24, 2.45) is 0 Å². The number of anilines is 1. The summed E-state index contributed by atoms with van der Waals surface area (Å²) in [5, 5.41) is 4.91. The minimum atomic E-state index is -0.385. The third kappa shape index (κ3) is 3.51. The molecule has 1 aromatic heterocycles. The van der Waals surface area contributed by atoms with E-state index in [9.17, 15) is 9.18 Å². The molecular weight excluding hydrogens is 265 g/mol. The third-order valence-corrected chi connectivity index (χ3v) is 3.38. The lowest BCUT2D eigenvalue weighted by Crippen LogP contribution is -2.28. The van der Waals surface area contributed by atoms with Crippen LogP contribution in [0.2, 0.25) is 0 Å². The molecule has 1 unspecified atom stereocenters. The van der Waals surface area contributed by atoms with E-state index in [1.54, 1.807) is 30.5 Å². The quantitative estimate of drug-likeness (QED) is 0.902. The van der Waals surface area contributed by atoms with Gasteiger partial charge in [0.15, 0.2) is 5.13 Å². The van der Waals surface area contributed by atoms with E-state index in [2.05, 4.69) is 10.3 Å². The van der Waals surface area contributed by atoms with Crippen molar-refractivity contribution in [3.05, 3.63) is 46.7 Å². The normalized spacial score (nSPS) is 12.1. The number of halogens is 1. The molecule has 0 spiro atoms. The number of hydrogen-bond donors (Lipinski definition) is 2. The fraction of sp³-hybridized carbons (Fsp3) is 0.231. The van der Waals surface area contributed by atoms with E-state index < -0.39 is 0 Å². The van der Waals surface area contributed by atoms with Crippen LogP contribution in [-0.4, -0.2) is 10.9 Å². The van der Waals surface area contributed by atoms with E-state index in [0.717, 1.165) is 0 Å². The van der Waals surface area contributed by atoms with E-state index in [1.165, 1.54) is 17.4 Å². The molecule has 0 saturated carbocycles. The SMILES string of the molecule is CC(NC(=O)Cc1csc(N)n1)c1ccccc1F. The first-order valence-electron chi connectivity index (χ1n) is 5.80. The second kappa shape index (κ2) is 5.79. The number of thiazole rings is 1. The minimum Gasteiger partial charge on any atom is -0.375 e. The zero-order valence-electron chi connectivity index (χ0n) is 10.4. The smallest absolute Gasteiger partial charge is 0.226 e. The molecule has 1 heterocycles. The molecule has 0 aliphatic heterocycles. The van der Waals surface area contributed by atoms with Gasteiger partial charge in [-0.3, -0.25) is 4.79 Å². The number of benzene rings is 1. The van der Waals surface area contributed by atoms with Gasteiger partial charge < -0.3 is 11.1 Å². The molecule has 19 heavy (non-hydrogen) atoms. The molecular formula is C13H14FN3OS. The molecule has 2 aromatic rings. The lowest BCUT2D eigenvalue weighted by atomic mass is 10.1. The van der Waals surface area contributed by atoms with Crippen molar-refractivity contribution in [3.63, 3.8) is 0 Å². The van der Waals surface area contributed by atoms with Gasteiger partial charge in [0.25, 0.3) is 0 Å². The molecule has 3 N–H and O–H groups in total. The van der Waals surface area contributed by atoms with Gasteiger partial charge in [0.05, 0.1) is 18.2 Å². The Balaban J connectivity index is 1.97. The van der Waals surface area contributed by atoms with Crippen LogP contribution < -0.4 is 11.1 Å². The van der Waals surface area contributed by atoms with Gasteiger partial charge in [0.2, 0.25) is 5.91 Å². The number of hydrogen-bond acceptors (Lipinski definition) is 4. The van der Waals surface area contributed by atoms with Crippen LogP contribution in [0.25, 0.3) is 0 Å². The summed E-state index contributed by atoms with van der Waals surface area (Å²) in [5.74, 6) is -0.533. The first-order valence-corrected chi connectivity index (χ1v) is 6.68. The maximum atomic E-state index is 13.5. The Morgan fingerprint density at radius 2 is 2.26 bits per heavy atom. The summed E-state index contributed by atoms with van der Waals surface area (Å²) in [5.41, 5.74) is 6.58. The Hall–Kier alpha value is -1.95. The van der Waals surface area contributed by atoms with Crippen molar-refractivity contribution in [3.8, 4) is 0 Å². The van der Waals surface area contributed by atoms with E-state index in [0.29, 0.717) is 16.4 Å². The van der Waals surface area contributed by atoms with E-state index in [4.69, 9.17) is 5.73 Å². The molecule has 100 valence electrons. The maximum Gasteiger partial charge on any atom is 0.226 e. The summed E-state index contributed by atoms with van der Waals surface area (Å²) in [7, 11) is 0. The molecule has 2 rings (SSSR count). The molecule has 1 aromatic carbocycles. The molecule has 0 radical (unpaired) electrons. The van der Waals surface area contributed by atoms with Crippen molar-refractivity contribution < 1.29 is 9.18 Å². The monoisotopic (exact) mass is 279 g/mol. The number of nitrogens with two attached hydrogens (primary N) is 1. The average molecular weight is 279 g/mol. The highest BCUT2D eigenvalue weighted by Gasteiger charge is 2.14. The summed E-state index contributed by atoms with van der Waals surface area (Å²) in [6.07, 6.45) is 0.145. The van der Waals surface area contributed by atoms with Crippen molar-refractivity contribution in [2.75, 3.05) is 5.73 Å². The Morgan fingerprint density at radius 1 is 1.53 bits per heavy atom. The first-order chi connectivity index (χ1) is 9.06. The highest BCUT2D eigenvalue weighted by Crippen LogP contribution is 2.16. The van der Waals surface area contributed by atoms with Crippen LogP contribution in [0.5, 0.6) is 0 Å². The maximum absolute atomic E-state index is 13.5. The van der Waals surface area contributed by atoms with Gasteiger partial charge in [-0.1, -0.05) is 18.2 Å². The lowest BCUT2D eigenvalue weighted by Gasteiger charge is -2.14. The van der Waals surface area contributed by atoms with Crippen LogP contribution in [0.4, 0.5) is 9.52 Å². The van der Waals surface area contributed by atoms with Crippen molar-refractivity contribution >= 4 is 22.4 Å². The first kappa shape index (κ1) is 13.5. The van der Waals surface area contributed by atoms with Gasteiger partial charge in [-0.2, -0.15) is 0 Å². The van der Waals surface area contributed by atoms with Crippen LogP contribution in [0.15, 0.2) is 29.6 Å². The standard InChI is InChI=1S/C13H14FN3OS/c1-8(10-4-2-3-5-11(10)14)16-12(18)6-9-7-19-13(15)17-9/h2-5,7-8H,6H2,1H3,(H2,15,17)(H,16,18). The Labute approximate surface area is 114 Å². The predicted molar refractivity (Wildman–Crippen MR) is 73.2 cm³/mol. The van der Waals surface area contributed by atoms with Gasteiger partial charge >= 0.3 is 0 Å². The number of amides is 1. The molecule has 1 amide bonds. The second-order valence-corrected chi connectivity index (χ2v) is 5.05. The van der Waals surface area contributed by atoms with Gasteiger partial charge in [-0.15, -0.1) is 11.3 Å². The summed E-state index contributed by atoms with van der Waals surface area (Å²) in [6, 6.07) is 6.00. The topological polar surface area (TPSA) is 68.0 Å². The lowest BCUT2D eigenvalue weighted by molar-refractivity contribution is -0.121. The Bertz CT molecular complexity index is 585. The van der Waals surface area contributed by atoms with E-state index in [-0.39, 0.29) is 24.2 Å². The fourth-order valence-corrected chi connectivity index (χ4v) is 2.33. The molecule has 1 atom stereocenters. The van der Waals surface area contributed by atoms with Crippen LogP contribution in [0.3, 0.4) is 0 Å². The second-order valence-electron chi connectivity index (χ2n) is 4.16. The van der Waals surface area contributed by atoms with Crippen molar-refractivity contribution in [2.45, 2.75) is 19.4 Å². The van der Waals surface area contributed by atoms with Crippen LogP contribution in [-0.2, 0) is 11.2 Å². The number of nitrogens with zero attached hydrogens (tertiary/aromatic N) is 1. The summed E-state index contributed by atoms with van der Waals surface area (Å²) >= 11 is 1.29. The van der Waals surface area contributed by atoms with Gasteiger partial charge in [0.1, 0.15) is 5.82 Å². The van der Waals surface area contributed by atoms with E-state index in [1.807, 2.05) is 0 Å². The number of rotatable bonds is 4. The third-order valence-electron chi connectivity index (χ3n) is 2.66. The fourth-order valence-electron chi connectivity index (χ4n) is 1.76. The zero-order chi connectivity index (χ0) is 13.8. The average Bonchev–Trinajstić information content (AvgIpc) is 2.74. The zero-order valence-corrected chi connectivity index (χ0v) is 11.2. The number of nitrogens with one attached hydrogen (secondary N) is 1. The molecule has 4 nitrogen and oxygen atoms in total. The van der Waals surface area contributed by atoms with Crippen molar-refractivity contribution in [1.82, 2.24) is 10.3 Å². The van der Waals surface area contributed by atoms with Crippen LogP contribution in [0.1, 0.15) is 24.2 Å². The number of carbonyl (C=O) groups excluding carboxylic acids is 1. The molecule has 0 fully saturated rings. The molecule has 0 bridgehead atoms. The number of aromatic nitrogens is 1. The van der Waals surface area contributed by atoms with Crippen LogP contribution in [0, 0.1) is 5.82 Å². The number of nitrogen functional groups attached to an aromatic ring is 1. The molecule has 6 heteroatoms. The summed E-state index contributed by atoms with van der Waals surface area (Å²) < 4.78 is 13.5. The molecule has 0 saturated heterocycles. The highest BCUT2D eigenvalue weighted by atomic mass is 32.1.